The quantitative estimate of drug-likeness (QED) is 0.307. The van der Waals surface area contributed by atoms with Crippen LogP contribution >= 0.6 is 0 Å². The molecule has 1 amide bonds. The molecule has 4 aromatic rings. The summed E-state index contributed by atoms with van der Waals surface area (Å²) in [7, 11) is 3.49. The highest BCUT2D eigenvalue weighted by molar-refractivity contribution is 6.03. The maximum atomic E-state index is 12.8. The average molecular weight is 514 g/mol. The number of nitrogens with zero attached hydrogens (tertiary/aromatic N) is 4. The molecule has 196 valence electrons. The van der Waals surface area contributed by atoms with Crippen LogP contribution in [-0.4, -0.2) is 77.0 Å². The molecule has 5 rings (SSSR count). The summed E-state index contributed by atoms with van der Waals surface area (Å²) >= 11 is 0. The van der Waals surface area contributed by atoms with Gasteiger partial charge in [0, 0.05) is 43.7 Å². The van der Waals surface area contributed by atoms with Gasteiger partial charge in [-0.25, -0.2) is 14.8 Å². The summed E-state index contributed by atoms with van der Waals surface area (Å²) in [6.45, 7) is 5.61. The normalized spacial score (nSPS) is 14.4. The largest absolute Gasteiger partial charge is 0.464 e. The third kappa shape index (κ3) is 6.16. The lowest BCUT2D eigenvalue weighted by Crippen LogP contribution is -2.43. The van der Waals surface area contributed by atoms with E-state index in [-0.39, 0.29) is 5.91 Å². The van der Waals surface area contributed by atoms with Gasteiger partial charge < -0.3 is 25.3 Å². The van der Waals surface area contributed by atoms with Gasteiger partial charge in [-0.05, 0) is 49.0 Å². The first kappa shape index (κ1) is 25.4. The number of carbonyl (C=O) groups is 2. The Kier molecular flexibility index (Phi) is 7.62. The lowest BCUT2D eigenvalue weighted by Gasteiger charge is -2.32. The van der Waals surface area contributed by atoms with Crippen molar-refractivity contribution in [3.05, 3.63) is 83.3 Å². The molecule has 4 heterocycles. The van der Waals surface area contributed by atoms with Crippen LogP contribution in [0.4, 0.5) is 11.5 Å². The van der Waals surface area contributed by atoms with E-state index >= 15 is 0 Å². The number of hydrogen-bond acceptors (Lipinski definition) is 8. The lowest BCUT2D eigenvalue weighted by atomic mass is 10.1. The molecule has 0 spiro atoms. The Morgan fingerprint density at radius 3 is 2.61 bits per heavy atom. The first-order valence-corrected chi connectivity index (χ1v) is 12.5. The summed E-state index contributed by atoms with van der Waals surface area (Å²) < 4.78 is 4.75. The number of aromatic amines is 1. The number of hydrogen-bond donors (Lipinski definition) is 3. The predicted octanol–water partition coefficient (Wildman–Crippen LogP) is 3.36. The molecule has 0 atom stereocenters. The number of pyridine rings is 2. The number of methoxy groups -OCH3 is 1. The lowest BCUT2D eigenvalue weighted by molar-refractivity contribution is 0.0595. The van der Waals surface area contributed by atoms with Gasteiger partial charge in [0.15, 0.2) is 0 Å². The van der Waals surface area contributed by atoms with E-state index in [0.29, 0.717) is 29.3 Å². The Morgan fingerprint density at radius 1 is 1.05 bits per heavy atom. The van der Waals surface area contributed by atoms with Crippen LogP contribution in [0.3, 0.4) is 0 Å². The fourth-order valence-electron chi connectivity index (χ4n) is 4.39. The van der Waals surface area contributed by atoms with E-state index in [1.165, 1.54) is 12.7 Å². The van der Waals surface area contributed by atoms with E-state index in [2.05, 4.69) is 42.4 Å². The van der Waals surface area contributed by atoms with Crippen LogP contribution in [0.5, 0.6) is 0 Å². The highest BCUT2D eigenvalue weighted by atomic mass is 16.5. The molecule has 1 saturated heterocycles. The molecule has 10 nitrogen and oxygen atoms in total. The van der Waals surface area contributed by atoms with E-state index in [1.54, 1.807) is 18.3 Å². The van der Waals surface area contributed by atoms with Gasteiger partial charge in [-0.15, -0.1) is 0 Å². The van der Waals surface area contributed by atoms with Crippen molar-refractivity contribution in [3.8, 4) is 0 Å². The van der Waals surface area contributed by atoms with Crippen molar-refractivity contribution in [2.75, 3.05) is 51.0 Å². The number of piperazine rings is 1. The Hall–Kier alpha value is -4.28. The zero-order valence-electron chi connectivity index (χ0n) is 21.5. The zero-order valence-corrected chi connectivity index (χ0v) is 21.5. The van der Waals surface area contributed by atoms with Crippen LogP contribution in [0.1, 0.15) is 32.1 Å². The number of fused-ring (bicyclic) bond motifs is 1. The van der Waals surface area contributed by atoms with Crippen molar-refractivity contribution >= 4 is 34.4 Å². The Labute approximate surface area is 221 Å². The molecule has 0 unspecified atom stereocenters. The minimum atomic E-state index is -0.442. The van der Waals surface area contributed by atoms with Crippen LogP contribution in [0, 0.1) is 0 Å². The number of nitrogens with one attached hydrogen (secondary N) is 3. The smallest absolute Gasteiger partial charge is 0.354 e. The van der Waals surface area contributed by atoms with E-state index < -0.39 is 5.97 Å². The van der Waals surface area contributed by atoms with Crippen molar-refractivity contribution in [2.24, 2.45) is 0 Å². The number of carbonyl (C=O) groups excluding carboxylic acids is 2. The molecule has 3 aromatic heterocycles. The second-order valence-electron chi connectivity index (χ2n) is 9.43. The standard InChI is InChI=1S/C28H31N7O3/c1-34-10-12-35(13-11-34)18-19-6-8-20(9-7-19)27(36)33-25-5-3-4-22(31-25)16-29-23-14-21-15-24(28(37)38-2)32-26(21)30-17-23/h3-9,14-15,17,29H,10-13,16,18H2,1-2H3,(H,30,32)(H,31,33,36). The summed E-state index contributed by atoms with van der Waals surface area (Å²) in [4.78, 5) is 41.2. The highest BCUT2D eigenvalue weighted by Crippen LogP contribution is 2.19. The number of benzene rings is 1. The Balaban J connectivity index is 1.16. The maximum absolute atomic E-state index is 12.8. The first-order chi connectivity index (χ1) is 18.5. The Morgan fingerprint density at radius 2 is 1.84 bits per heavy atom. The number of H-pyrrole nitrogens is 1. The summed E-state index contributed by atoms with van der Waals surface area (Å²) in [5.74, 6) is -0.155. The van der Waals surface area contributed by atoms with Crippen molar-refractivity contribution in [2.45, 2.75) is 13.1 Å². The fourth-order valence-corrected chi connectivity index (χ4v) is 4.39. The molecular weight excluding hydrogens is 482 g/mol. The van der Waals surface area contributed by atoms with Crippen molar-refractivity contribution < 1.29 is 14.3 Å². The van der Waals surface area contributed by atoms with Crippen LogP contribution in [0.15, 0.2) is 60.8 Å². The summed E-state index contributed by atoms with van der Waals surface area (Å²) in [5, 5.41) is 6.97. The third-order valence-corrected chi connectivity index (χ3v) is 6.62. The molecule has 0 aliphatic carbocycles. The molecule has 10 heteroatoms. The second kappa shape index (κ2) is 11.4. The van der Waals surface area contributed by atoms with Crippen molar-refractivity contribution in [3.63, 3.8) is 0 Å². The molecule has 1 aliphatic heterocycles. The van der Waals surface area contributed by atoms with Gasteiger partial charge >= 0.3 is 5.97 Å². The molecule has 1 fully saturated rings. The molecule has 1 aromatic carbocycles. The molecule has 0 radical (unpaired) electrons. The number of ether oxygens (including phenoxy) is 1. The number of esters is 1. The SMILES string of the molecule is COC(=O)c1cc2cc(NCc3cccc(NC(=O)c4ccc(CN5CCN(C)CC5)cc4)n3)cnc2[nH]1. The van der Waals surface area contributed by atoms with Crippen LogP contribution in [-0.2, 0) is 17.8 Å². The topological polar surface area (TPSA) is 115 Å². The van der Waals surface area contributed by atoms with Crippen LogP contribution < -0.4 is 10.6 Å². The maximum Gasteiger partial charge on any atom is 0.354 e. The summed E-state index contributed by atoms with van der Waals surface area (Å²) in [5.41, 5.74) is 4.28. The van der Waals surface area contributed by atoms with Gasteiger partial charge in [0.25, 0.3) is 5.91 Å². The number of anilines is 2. The predicted molar refractivity (Wildman–Crippen MR) is 146 cm³/mol. The molecule has 1 aliphatic rings. The number of likely N-dealkylation sites (N-methyl/N-ethyl adjacent to an activating group) is 1. The highest BCUT2D eigenvalue weighted by Gasteiger charge is 2.15. The van der Waals surface area contributed by atoms with E-state index in [4.69, 9.17) is 4.74 Å². The second-order valence-corrected chi connectivity index (χ2v) is 9.43. The summed E-state index contributed by atoms with van der Waals surface area (Å²) in [6, 6.07) is 16.9. The van der Waals surface area contributed by atoms with Crippen LogP contribution in [0.2, 0.25) is 0 Å². The van der Waals surface area contributed by atoms with Crippen molar-refractivity contribution in [1.29, 1.82) is 0 Å². The third-order valence-electron chi connectivity index (χ3n) is 6.62. The van der Waals surface area contributed by atoms with Gasteiger partial charge in [0.2, 0.25) is 0 Å². The molecule has 38 heavy (non-hydrogen) atoms. The molecule has 0 saturated carbocycles. The monoisotopic (exact) mass is 513 g/mol. The number of amides is 1. The average Bonchev–Trinajstić information content (AvgIpc) is 3.37. The molecule has 0 bridgehead atoms. The van der Waals surface area contributed by atoms with E-state index in [0.717, 1.165) is 49.5 Å². The zero-order chi connectivity index (χ0) is 26.5. The van der Waals surface area contributed by atoms with Crippen LogP contribution in [0.25, 0.3) is 11.0 Å². The van der Waals surface area contributed by atoms with Gasteiger partial charge in [-0.3, -0.25) is 9.69 Å². The molecule has 3 N–H and O–H groups in total. The van der Waals surface area contributed by atoms with Crippen molar-refractivity contribution in [1.82, 2.24) is 24.8 Å². The first-order valence-electron chi connectivity index (χ1n) is 12.5. The van der Waals surface area contributed by atoms with Gasteiger partial charge in [0.1, 0.15) is 17.2 Å². The number of rotatable bonds is 8. The number of aromatic nitrogens is 3. The van der Waals surface area contributed by atoms with Gasteiger partial charge in [-0.2, -0.15) is 0 Å². The minimum absolute atomic E-state index is 0.197. The Bertz CT molecular complexity index is 1430. The fraction of sp³-hybridized carbons (Fsp3) is 0.286. The summed E-state index contributed by atoms with van der Waals surface area (Å²) in [6.07, 6.45) is 1.68. The molecular formula is C28H31N7O3. The van der Waals surface area contributed by atoms with E-state index in [1.807, 2.05) is 42.5 Å². The minimum Gasteiger partial charge on any atom is -0.464 e. The van der Waals surface area contributed by atoms with Gasteiger partial charge in [-0.1, -0.05) is 18.2 Å². The van der Waals surface area contributed by atoms with Gasteiger partial charge in [0.05, 0.1) is 31.2 Å². The van der Waals surface area contributed by atoms with E-state index in [9.17, 15) is 9.59 Å².